The van der Waals surface area contributed by atoms with E-state index in [1.807, 2.05) is 84.5 Å². The van der Waals surface area contributed by atoms with Gasteiger partial charge in [0.1, 0.15) is 11.5 Å². The molecule has 196 valence electrons. The van der Waals surface area contributed by atoms with Crippen molar-refractivity contribution in [3.8, 4) is 11.5 Å². The van der Waals surface area contributed by atoms with Crippen LogP contribution in [0.1, 0.15) is 31.9 Å². The quantitative estimate of drug-likeness (QED) is 0.248. The standard InChI is InChI=1S/C31H29N4O3P/c1-21-16-22(17-30(36)34-23-19-33-35(20-23)31(2,3)4)10-13-28(21)38-29-14-15-32-27-12-11-25(18-26(27)29)39(37)24-8-6-5-7-9-24/h5-16,18-20H,17H2,1-4H3/p+1. The molecule has 5 rings (SSSR count). The lowest BCUT2D eigenvalue weighted by molar-refractivity contribution is -0.115. The van der Waals surface area contributed by atoms with Crippen molar-refractivity contribution >= 4 is 40.9 Å². The fraction of sp³-hybridized carbons (Fsp3) is 0.194. The van der Waals surface area contributed by atoms with Gasteiger partial charge < -0.3 is 10.1 Å². The smallest absolute Gasteiger partial charge is 0.415 e. The van der Waals surface area contributed by atoms with Gasteiger partial charge in [-0.1, -0.05) is 34.9 Å². The number of ether oxygens (including phenoxy) is 1. The Morgan fingerprint density at radius 3 is 2.49 bits per heavy atom. The first kappa shape index (κ1) is 26.3. The fourth-order valence-electron chi connectivity index (χ4n) is 4.24. The number of anilines is 1. The van der Waals surface area contributed by atoms with Crippen LogP contribution in [0.25, 0.3) is 10.9 Å². The van der Waals surface area contributed by atoms with Crippen molar-refractivity contribution in [2.45, 2.75) is 39.7 Å². The lowest BCUT2D eigenvalue weighted by Crippen LogP contribution is -2.22. The van der Waals surface area contributed by atoms with Gasteiger partial charge in [0.2, 0.25) is 5.91 Å². The number of benzene rings is 3. The zero-order chi connectivity index (χ0) is 27.6. The molecule has 2 aromatic heterocycles. The van der Waals surface area contributed by atoms with Gasteiger partial charge in [0, 0.05) is 23.8 Å². The van der Waals surface area contributed by atoms with Crippen molar-refractivity contribution in [1.29, 1.82) is 0 Å². The maximum Gasteiger partial charge on any atom is 0.415 e. The zero-order valence-corrected chi connectivity index (χ0v) is 23.3. The molecule has 1 unspecified atom stereocenters. The minimum Gasteiger partial charge on any atom is -0.456 e. The predicted octanol–water partition coefficient (Wildman–Crippen LogP) is 6.25. The summed E-state index contributed by atoms with van der Waals surface area (Å²) in [6.45, 7) is 8.11. The van der Waals surface area contributed by atoms with E-state index in [1.54, 1.807) is 18.5 Å². The Kier molecular flexibility index (Phi) is 7.27. The molecule has 0 saturated heterocycles. The highest BCUT2D eigenvalue weighted by molar-refractivity contribution is 7.61. The summed E-state index contributed by atoms with van der Waals surface area (Å²) in [4.78, 5) is 17.1. The van der Waals surface area contributed by atoms with Gasteiger partial charge in [-0.05, 0) is 75.2 Å². The van der Waals surface area contributed by atoms with E-state index < -0.39 is 7.80 Å². The van der Waals surface area contributed by atoms with Gasteiger partial charge in [0.15, 0.2) is 10.6 Å². The van der Waals surface area contributed by atoms with Crippen LogP contribution in [-0.2, 0) is 21.3 Å². The summed E-state index contributed by atoms with van der Waals surface area (Å²) in [5.74, 6) is 1.19. The number of nitrogens with one attached hydrogen (secondary N) is 1. The first-order valence-electron chi connectivity index (χ1n) is 12.7. The van der Waals surface area contributed by atoms with Crippen molar-refractivity contribution in [3.05, 3.63) is 103 Å². The van der Waals surface area contributed by atoms with Crippen LogP contribution in [0.3, 0.4) is 0 Å². The first-order valence-corrected chi connectivity index (χ1v) is 14.0. The number of hydrogen-bond acceptors (Lipinski definition) is 5. The molecule has 7 nitrogen and oxygen atoms in total. The van der Waals surface area contributed by atoms with Gasteiger partial charge >= 0.3 is 7.80 Å². The molecule has 0 radical (unpaired) electrons. The van der Waals surface area contributed by atoms with Gasteiger partial charge in [-0.25, -0.2) is 0 Å². The molecule has 3 aromatic carbocycles. The Labute approximate surface area is 228 Å². The summed E-state index contributed by atoms with van der Waals surface area (Å²) < 4.78 is 21.3. The van der Waals surface area contributed by atoms with Crippen molar-refractivity contribution in [2.24, 2.45) is 0 Å². The number of fused-ring (bicyclic) bond motifs is 1. The summed E-state index contributed by atoms with van der Waals surface area (Å²) in [5, 5.41) is 9.52. The molecule has 1 N–H and O–H groups in total. The molecule has 2 heterocycles. The maximum atomic E-state index is 13.1. The van der Waals surface area contributed by atoms with E-state index in [2.05, 4.69) is 36.2 Å². The molecule has 8 heteroatoms. The van der Waals surface area contributed by atoms with Gasteiger partial charge in [-0.3, -0.25) is 14.5 Å². The van der Waals surface area contributed by atoms with E-state index in [4.69, 9.17) is 4.74 Å². The molecule has 5 aromatic rings. The lowest BCUT2D eigenvalue weighted by atomic mass is 10.1. The highest BCUT2D eigenvalue weighted by Gasteiger charge is 2.24. The van der Waals surface area contributed by atoms with E-state index in [-0.39, 0.29) is 17.9 Å². The predicted molar refractivity (Wildman–Crippen MR) is 156 cm³/mol. The number of aryl methyl sites for hydroxylation is 1. The molecule has 1 atom stereocenters. The molecular formula is C31H30N4O3P+. The van der Waals surface area contributed by atoms with Crippen molar-refractivity contribution < 1.29 is 14.1 Å². The number of aromatic nitrogens is 3. The number of amides is 1. The highest BCUT2D eigenvalue weighted by atomic mass is 31.1. The van der Waals surface area contributed by atoms with E-state index in [0.717, 1.165) is 27.3 Å². The van der Waals surface area contributed by atoms with Crippen molar-refractivity contribution in [3.63, 3.8) is 0 Å². The van der Waals surface area contributed by atoms with Crippen LogP contribution in [0, 0.1) is 6.92 Å². The molecular weight excluding hydrogens is 507 g/mol. The van der Waals surface area contributed by atoms with Crippen LogP contribution in [0.2, 0.25) is 0 Å². The van der Waals surface area contributed by atoms with Crippen LogP contribution in [-0.4, -0.2) is 20.7 Å². The third-order valence-electron chi connectivity index (χ3n) is 6.29. The molecule has 0 fully saturated rings. The van der Waals surface area contributed by atoms with Crippen molar-refractivity contribution in [1.82, 2.24) is 14.8 Å². The topological polar surface area (TPSA) is 86.1 Å². The zero-order valence-electron chi connectivity index (χ0n) is 22.4. The summed E-state index contributed by atoms with van der Waals surface area (Å²) in [6, 6.07) is 22.5. The average Bonchev–Trinajstić information content (AvgIpc) is 3.39. The van der Waals surface area contributed by atoms with E-state index >= 15 is 0 Å². The number of hydrogen-bond donors (Lipinski definition) is 1. The van der Waals surface area contributed by atoms with Crippen LogP contribution in [0.4, 0.5) is 5.69 Å². The lowest BCUT2D eigenvalue weighted by Gasteiger charge is -2.18. The molecule has 39 heavy (non-hydrogen) atoms. The second-order valence-electron chi connectivity index (χ2n) is 10.4. The third-order valence-corrected chi connectivity index (χ3v) is 7.80. The minimum atomic E-state index is -1.73. The number of nitrogens with zero attached hydrogens (tertiary/aromatic N) is 3. The number of rotatable bonds is 7. The number of carbonyl (C=O) groups excluding carboxylic acids is 1. The Hall–Kier alpha value is -4.35. The molecule has 0 spiro atoms. The third kappa shape index (κ3) is 6.05. The Bertz CT molecular complexity index is 1670. The summed E-state index contributed by atoms with van der Waals surface area (Å²) in [6.07, 6.45) is 5.42. The molecule has 0 aliphatic carbocycles. The maximum absolute atomic E-state index is 13.1. The molecule has 1 amide bonds. The summed E-state index contributed by atoms with van der Waals surface area (Å²) in [7, 11) is -1.73. The molecule has 0 bridgehead atoms. The van der Waals surface area contributed by atoms with E-state index in [1.165, 1.54) is 0 Å². The van der Waals surface area contributed by atoms with Gasteiger partial charge in [0.05, 0.1) is 29.4 Å². The summed E-state index contributed by atoms with van der Waals surface area (Å²) >= 11 is 0. The van der Waals surface area contributed by atoms with Gasteiger partial charge in [-0.2, -0.15) is 5.10 Å². The Morgan fingerprint density at radius 1 is 0.974 bits per heavy atom. The monoisotopic (exact) mass is 537 g/mol. The minimum absolute atomic E-state index is 0.114. The highest BCUT2D eigenvalue weighted by Crippen LogP contribution is 2.32. The molecule has 0 saturated carbocycles. The number of pyridine rings is 1. The SMILES string of the molecule is Cc1cc(CC(=O)Nc2cnn(C(C)(C)C)c2)ccc1Oc1ccnc2ccc([P+](=O)c3ccccc3)cc12. The van der Waals surface area contributed by atoms with Crippen LogP contribution >= 0.6 is 7.80 Å². The van der Waals surface area contributed by atoms with E-state index in [0.29, 0.717) is 22.5 Å². The average molecular weight is 538 g/mol. The first-order chi connectivity index (χ1) is 18.7. The normalized spacial score (nSPS) is 11.8. The van der Waals surface area contributed by atoms with Crippen LogP contribution < -0.4 is 20.7 Å². The Morgan fingerprint density at radius 2 is 1.77 bits per heavy atom. The molecule has 0 aliphatic heterocycles. The van der Waals surface area contributed by atoms with E-state index in [9.17, 15) is 9.36 Å². The van der Waals surface area contributed by atoms with Gasteiger partial charge in [-0.15, -0.1) is 0 Å². The second-order valence-corrected chi connectivity index (χ2v) is 12.0. The second kappa shape index (κ2) is 10.8. The largest absolute Gasteiger partial charge is 0.456 e. The fourth-order valence-corrected chi connectivity index (χ4v) is 5.43. The number of carbonyl (C=O) groups is 1. The van der Waals surface area contributed by atoms with Crippen LogP contribution in [0.5, 0.6) is 11.5 Å². The van der Waals surface area contributed by atoms with Crippen molar-refractivity contribution in [2.75, 3.05) is 5.32 Å². The summed E-state index contributed by atoms with van der Waals surface area (Å²) in [5.41, 5.74) is 3.05. The van der Waals surface area contributed by atoms with Crippen LogP contribution in [0.15, 0.2) is 91.4 Å². The molecule has 0 aliphatic rings. The Balaban J connectivity index is 1.32. The van der Waals surface area contributed by atoms with Gasteiger partial charge in [0.25, 0.3) is 0 Å².